The smallest absolute Gasteiger partial charge is 0.0491 e. The lowest BCUT2D eigenvalue weighted by Crippen LogP contribution is -2.44. The van der Waals surface area contributed by atoms with Gasteiger partial charge in [-0.2, -0.15) is 11.8 Å². The first-order chi connectivity index (χ1) is 8.44. The van der Waals surface area contributed by atoms with E-state index in [2.05, 4.69) is 64.3 Å². The molecule has 0 N–H and O–H groups in total. The topological polar surface area (TPSA) is 0 Å². The zero-order valence-electron chi connectivity index (χ0n) is 12.2. The molecule has 0 spiro atoms. The highest BCUT2D eigenvalue weighted by Crippen LogP contribution is 2.55. The van der Waals surface area contributed by atoms with Gasteiger partial charge in [-0.1, -0.05) is 55.4 Å². The molecule has 0 bridgehead atoms. The van der Waals surface area contributed by atoms with E-state index >= 15 is 0 Å². The normalized spacial score (nSPS) is 27.9. The third kappa shape index (κ3) is 1.93. The van der Waals surface area contributed by atoms with Crippen LogP contribution in [0.15, 0.2) is 47.1 Å². The van der Waals surface area contributed by atoms with E-state index in [1.165, 1.54) is 16.7 Å². The van der Waals surface area contributed by atoms with Gasteiger partial charge in [-0.25, -0.2) is 0 Å². The Balaban J connectivity index is 2.45. The zero-order chi connectivity index (χ0) is 13.4. The molecule has 0 aromatic heterocycles. The Hall–Kier alpha value is -0.690. The first-order valence-corrected chi connectivity index (χ1v) is 7.94. The van der Waals surface area contributed by atoms with Gasteiger partial charge in [0.05, 0.1) is 0 Å². The minimum atomic E-state index is 0.178. The molecule has 98 valence electrons. The van der Waals surface area contributed by atoms with Crippen molar-refractivity contribution in [3.8, 4) is 0 Å². The Bertz CT molecular complexity index is 460. The predicted octanol–water partition coefficient (Wildman–Crippen LogP) is 5.30. The van der Waals surface area contributed by atoms with E-state index in [9.17, 15) is 0 Å². The van der Waals surface area contributed by atoms with Gasteiger partial charge in [-0.05, 0) is 38.5 Å². The summed E-state index contributed by atoms with van der Waals surface area (Å²) in [7, 11) is 0. The molecular weight excluding hydrogens is 236 g/mol. The zero-order valence-corrected chi connectivity index (χ0v) is 13.0. The number of hydrogen-bond donors (Lipinski definition) is 0. The van der Waals surface area contributed by atoms with Crippen molar-refractivity contribution in [3.63, 3.8) is 0 Å². The average molecular weight is 260 g/mol. The lowest BCUT2D eigenvalue weighted by molar-refractivity contribution is 0.349. The van der Waals surface area contributed by atoms with Crippen molar-refractivity contribution >= 4 is 11.8 Å². The Labute approximate surface area is 116 Å². The Morgan fingerprint density at radius 2 is 1.94 bits per heavy atom. The monoisotopic (exact) mass is 260 g/mol. The van der Waals surface area contributed by atoms with Crippen LogP contribution in [0.3, 0.4) is 0 Å². The van der Waals surface area contributed by atoms with E-state index in [-0.39, 0.29) is 10.2 Å². The van der Waals surface area contributed by atoms with E-state index in [1.807, 2.05) is 11.8 Å². The van der Waals surface area contributed by atoms with Gasteiger partial charge in [0.15, 0.2) is 0 Å². The Morgan fingerprint density at radius 3 is 2.44 bits per heavy atom. The fraction of sp³-hybridized carbons (Fsp3) is 0.529. The molecule has 2 rings (SSSR count). The molecule has 1 atom stereocenters. The SMILES string of the molecule is CSC1(C(C)(C)C2=CCC=C2)CC=C(C)C=C1C. The predicted molar refractivity (Wildman–Crippen MR) is 84.0 cm³/mol. The van der Waals surface area contributed by atoms with Crippen LogP contribution in [0.4, 0.5) is 0 Å². The standard InChI is InChI=1S/C17H24S/c1-13-10-11-17(18-5,14(2)12-13)16(3,4)15-8-6-7-9-15/h6,8-10,12H,7,11H2,1-5H3. The van der Waals surface area contributed by atoms with E-state index in [1.54, 1.807) is 0 Å². The van der Waals surface area contributed by atoms with Crippen LogP contribution < -0.4 is 0 Å². The third-order valence-corrected chi connectivity index (χ3v) is 6.34. The van der Waals surface area contributed by atoms with Crippen molar-refractivity contribution in [2.75, 3.05) is 6.26 Å². The molecule has 0 nitrogen and oxygen atoms in total. The van der Waals surface area contributed by atoms with Gasteiger partial charge in [0, 0.05) is 10.2 Å². The molecule has 0 saturated carbocycles. The molecule has 0 fully saturated rings. The molecule has 0 aromatic rings. The first kappa shape index (κ1) is 13.7. The van der Waals surface area contributed by atoms with Crippen LogP contribution in [0.5, 0.6) is 0 Å². The van der Waals surface area contributed by atoms with Gasteiger partial charge < -0.3 is 0 Å². The summed E-state index contributed by atoms with van der Waals surface area (Å²) in [5, 5.41) is 0. The molecule has 18 heavy (non-hydrogen) atoms. The van der Waals surface area contributed by atoms with Crippen LogP contribution in [0.1, 0.15) is 40.5 Å². The van der Waals surface area contributed by atoms with Crippen molar-refractivity contribution < 1.29 is 0 Å². The first-order valence-electron chi connectivity index (χ1n) is 6.72. The van der Waals surface area contributed by atoms with Crippen molar-refractivity contribution in [1.82, 2.24) is 0 Å². The second-order valence-electron chi connectivity index (χ2n) is 5.93. The van der Waals surface area contributed by atoms with Crippen LogP contribution in [0.25, 0.3) is 0 Å². The Kier molecular flexibility index (Phi) is 3.64. The van der Waals surface area contributed by atoms with E-state index < -0.39 is 0 Å². The number of thioether (sulfide) groups is 1. The van der Waals surface area contributed by atoms with Crippen LogP contribution >= 0.6 is 11.8 Å². The maximum absolute atomic E-state index is 2.40. The molecular formula is C17H24S. The second-order valence-corrected chi connectivity index (χ2v) is 7.04. The molecule has 0 radical (unpaired) electrons. The van der Waals surface area contributed by atoms with E-state index in [0.717, 1.165) is 12.8 Å². The van der Waals surface area contributed by atoms with Gasteiger partial charge in [-0.3, -0.25) is 0 Å². The van der Waals surface area contributed by atoms with E-state index in [0.29, 0.717) is 0 Å². The van der Waals surface area contributed by atoms with Crippen molar-refractivity contribution in [3.05, 3.63) is 47.1 Å². The minimum absolute atomic E-state index is 0.178. The van der Waals surface area contributed by atoms with Crippen LogP contribution in [0.2, 0.25) is 0 Å². The molecule has 1 heteroatoms. The molecule has 0 heterocycles. The molecule has 0 amide bonds. The number of rotatable bonds is 3. The van der Waals surface area contributed by atoms with Gasteiger partial charge in [0.2, 0.25) is 0 Å². The van der Waals surface area contributed by atoms with Gasteiger partial charge in [0.1, 0.15) is 0 Å². The minimum Gasteiger partial charge on any atom is -0.153 e. The summed E-state index contributed by atoms with van der Waals surface area (Å²) in [4.78, 5) is 0. The van der Waals surface area contributed by atoms with Crippen molar-refractivity contribution in [2.45, 2.75) is 45.3 Å². The average Bonchev–Trinajstić information content (AvgIpc) is 2.83. The largest absolute Gasteiger partial charge is 0.153 e. The molecule has 0 aliphatic heterocycles. The van der Waals surface area contributed by atoms with Crippen LogP contribution in [-0.2, 0) is 0 Å². The third-order valence-electron chi connectivity index (χ3n) is 4.64. The summed E-state index contributed by atoms with van der Waals surface area (Å²) in [6, 6.07) is 0. The molecule has 0 aromatic carbocycles. The fourth-order valence-corrected chi connectivity index (χ4v) is 4.64. The fourth-order valence-electron chi connectivity index (χ4n) is 3.38. The highest BCUT2D eigenvalue weighted by molar-refractivity contribution is 8.00. The number of allylic oxidation sites excluding steroid dienone is 7. The molecule has 2 aliphatic rings. The summed E-state index contributed by atoms with van der Waals surface area (Å²) in [5.41, 5.74) is 4.60. The summed E-state index contributed by atoms with van der Waals surface area (Å²) >= 11 is 2.01. The number of hydrogen-bond acceptors (Lipinski definition) is 1. The quantitative estimate of drug-likeness (QED) is 0.664. The highest BCUT2D eigenvalue weighted by atomic mass is 32.2. The molecule has 1 unspecified atom stereocenters. The lowest BCUT2D eigenvalue weighted by atomic mass is 9.66. The maximum atomic E-state index is 2.40. The summed E-state index contributed by atoms with van der Waals surface area (Å²) in [5.74, 6) is 0. The summed E-state index contributed by atoms with van der Waals surface area (Å²) < 4.78 is 0.201. The van der Waals surface area contributed by atoms with Gasteiger partial charge >= 0.3 is 0 Å². The molecule has 2 aliphatic carbocycles. The highest BCUT2D eigenvalue weighted by Gasteiger charge is 2.47. The van der Waals surface area contributed by atoms with E-state index in [4.69, 9.17) is 0 Å². The Morgan fingerprint density at radius 1 is 1.22 bits per heavy atom. The summed E-state index contributed by atoms with van der Waals surface area (Å²) in [6.07, 6.45) is 16.2. The van der Waals surface area contributed by atoms with Gasteiger partial charge in [0.25, 0.3) is 0 Å². The van der Waals surface area contributed by atoms with Crippen LogP contribution in [-0.4, -0.2) is 11.0 Å². The van der Waals surface area contributed by atoms with Crippen molar-refractivity contribution in [2.24, 2.45) is 5.41 Å². The van der Waals surface area contributed by atoms with Gasteiger partial charge in [-0.15, -0.1) is 0 Å². The van der Waals surface area contributed by atoms with Crippen LogP contribution in [0, 0.1) is 5.41 Å². The lowest BCUT2D eigenvalue weighted by Gasteiger charge is -2.48. The second kappa shape index (κ2) is 4.77. The summed E-state index contributed by atoms with van der Waals surface area (Å²) in [6.45, 7) is 9.30. The van der Waals surface area contributed by atoms with Crippen molar-refractivity contribution in [1.29, 1.82) is 0 Å². The maximum Gasteiger partial charge on any atom is 0.0491 e. The molecule has 0 saturated heterocycles.